The number of halogens is 3. The Morgan fingerprint density at radius 1 is 1.15 bits per heavy atom. The number of nitrogens with zero attached hydrogens (tertiary/aromatic N) is 2. The molecule has 11 heteroatoms. The van der Waals surface area contributed by atoms with Crippen molar-refractivity contribution in [3.8, 4) is 0 Å². The zero-order valence-electron chi connectivity index (χ0n) is 17.7. The normalized spacial score (nSPS) is 13.2. The molecule has 0 atom stereocenters. The number of nitrogens with one attached hydrogen (secondary N) is 2. The summed E-state index contributed by atoms with van der Waals surface area (Å²) in [5.74, 6) is 0.0515. The van der Waals surface area contributed by atoms with Crippen LogP contribution in [0.2, 0.25) is 15.1 Å². The number of hydrogen-bond acceptors (Lipinski definition) is 5. The molecule has 0 bridgehead atoms. The third kappa shape index (κ3) is 5.63. The Kier molecular flexibility index (Phi) is 7.81. The minimum Gasteiger partial charge on any atom is -0.465 e. The van der Waals surface area contributed by atoms with E-state index in [1.54, 1.807) is 34.3 Å². The smallest absolute Gasteiger partial charge is 0.341 e. The maximum Gasteiger partial charge on any atom is 0.341 e. The summed E-state index contributed by atoms with van der Waals surface area (Å²) >= 11 is 25.5. The fourth-order valence-corrected chi connectivity index (χ4v) is 5.84. The lowest BCUT2D eigenvalue weighted by Gasteiger charge is -2.10. The van der Waals surface area contributed by atoms with Crippen LogP contribution in [-0.4, -0.2) is 28.0 Å². The van der Waals surface area contributed by atoms with Crippen molar-refractivity contribution in [3.05, 3.63) is 61.0 Å². The number of carbonyl (C=O) groups is 1. The molecule has 6 nitrogen and oxygen atoms in total. The largest absolute Gasteiger partial charge is 0.465 e. The minimum absolute atomic E-state index is 0.290. The average molecular weight is 544 g/mol. The predicted octanol–water partition coefficient (Wildman–Crippen LogP) is 6.82. The van der Waals surface area contributed by atoms with Gasteiger partial charge in [-0.25, -0.2) is 4.79 Å². The number of methoxy groups -OCH3 is 1. The number of esters is 1. The highest BCUT2D eigenvalue weighted by molar-refractivity contribution is 7.80. The predicted molar refractivity (Wildman–Crippen MR) is 140 cm³/mol. The maximum atomic E-state index is 12.5. The molecule has 0 aliphatic heterocycles. The molecule has 33 heavy (non-hydrogen) atoms. The van der Waals surface area contributed by atoms with Crippen LogP contribution >= 0.6 is 58.4 Å². The van der Waals surface area contributed by atoms with Gasteiger partial charge in [-0.1, -0.05) is 47.3 Å². The van der Waals surface area contributed by atoms with Gasteiger partial charge in [0, 0.05) is 11.1 Å². The highest BCUT2D eigenvalue weighted by Gasteiger charge is 2.26. The van der Waals surface area contributed by atoms with Gasteiger partial charge in [-0.2, -0.15) is 5.10 Å². The summed E-state index contributed by atoms with van der Waals surface area (Å²) in [5.41, 5.74) is 2.57. The van der Waals surface area contributed by atoms with Crippen molar-refractivity contribution in [3.63, 3.8) is 0 Å². The number of aryl methyl sites for hydroxylation is 1. The van der Waals surface area contributed by atoms with Crippen molar-refractivity contribution >= 4 is 80.3 Å². The highest BCUT2D eigenvalue weighted by atomic mass is 35.5. The summed E-state index contributed by atoms with van der Waals surface area (Å²) in [5, 5.41) is 13.0. The van der Waals surface area contributed by atoms with Gasteiger partial charge in [-0.3, -0.25) is 4.68 Å². The molecule has 3 aromatic rings. The van der Waals surface area contributed by atoms with Crippen LogP contribution in [0.15, 0.2) is 24.4 Å². The SMILES string of the molecule is COC(=O)c1c(NC(=S)Nc2nn(Cc3ccc(Cl)c(Cl)c3)cc2Cl)sc2c1CCCCC2. The maximum absolute atomic E-state index is 12.5. The first kappa shape index (κ1) is 24.3. The summed E-state index contributed by atoms with van der Waals surface area (Å²) in [6, 6.07) is 5.40. The van der Waals surface area contributed by atoms with Crippen molar-refractivity contribution in [2.75, 3.05) is 17.7 Å². The van der Waals surface area contributed by atoms with E-state index >= 15 is 0 Å². The fraction of sp³-hybridized carbons (Fsp3) is 0.318. The average Bonchev–Trinajstić information content (AvgIpc) is 3.19. The van der Waals surface area contributed by atoms with Crippen molar-refractivity contribution < 1.29 is 9.53 Å². The molecule has 0 unspecified atom stereocenters. The molecule has 0 radical (unpaired) electrons. The molecular formula is C22H21Cl3N4O2S2. The molecule has 1 aliphatic rings. The zero-order valence-corrected chi connectivity index (χ0v) is 21.6. The molecule has 2 heterocycles. The molecular weight excluding hydrogens is 523 g/mol. The van der Waals surface area contributed by atoms with Crippen LogP contribution in [-0.2, 0) is 24.1 Å². The first-order chi connectivity index (χ1) is 15.9. The van der Waals surface area contributed by atoms with Crippen LogP contribution in [0.4, 0.5) is 10.8 Å². The van der Waals surface area contributed by atoms with Crippen LogP contribution in [0.3, 0.4) is 0 Å². The molecule has 2 N–H and O–H groups in total. The van der Waals surface area contributed by atoms with Crippen LogP contribution in [0.1, 0.15) is 45.6 Å². The van der Waals surface area contributed by atoms with Crippen LogP contribution < -0.4 is 10.6 Å². The molecule has 0 amide bonds. The Bertz CT molecular complexity index is 1210. The van der Waals surface area contributed by atoms with Crippen molar-refractivity contribution in [1.82, 2.24) is 9.78 Å². The zero-order chi connectivity index (χ0) is 23.5. The molecule has 1 aliphatic carbocycles. The minimum atomic E-state index is -0.358. The van der Waals surface area contributed by atoms with Crippen LogP contribution in [0.25, 0.3) is 0 Å². The van der Waals surface area contributed by atoms with Crippen LogP contribution in [0, 0.1) is 0 Å². The van der Waals surface area contributed by atoms with E-state index in [1.165, 1.54) is 12.0 Å². The number of benzene rings is 1. The Morgan fingerprint density at radius 2 is 1.94 bits per heavy atom. The van der Waals surface area contributed by atoms with Gasteiger partial charge in [0.1, 0.15) is 10.0 Å². The highest BCUT2D eigenvalue weighted by Crippen LogP contribution is 2.38. The van der Waals surface area contributed by atoms with Crippen molar-refractivity contribution in [1.29, 1.82) is 0 Å². The molecule has 0 saturated carbocycles. The van der Waals surface area contributed by atoms with E-state index in [0.717, 1.165) is 43.2 Å². The first-order valence-corrected chi connectivity index (χ1v) is 12.7. The standard InChI is InChI=1S/C22H21Cl3N4O2S2/c1-31-21(30)18-13-5-3-2-4-6-17(13)33-20(18)27-22(32)26-19-16(25)11-29(28-19)10-12-7-8-14(23)15(24)9-12/h7-9,11H,2-6,10H2,1H3,(H2,26,27,28,32). The summed E-state index contributed by atoms with van der Waals surface area (Å²) in [6.07, 6.45) is 6.85. The molecule has 174 valence electrons. The van der Waals surface area contributed by atoms with E-state index < -0.39 is 0 Å². The van der Waals surface area contributed by atoms with Gasteiger partial charge in [0.2, 0.25) is 0 Å². The summed E-state index contributed by atoms with van der Waals surface area (Å²) in [4.78, 5) is 13.7. The van der Waals surface area contributed by atoms with Gasteiger partial charge >= 0.3 is 5.97 Å². The van der Waals surface area contributed by atoms with Crippen molar-refractivity contribution in [2.45, 2.75) is 38.6 Å². The number of anilines is 2. The number of aromatic nitrogens is 2. The molecule has 2 aromatic heterocycles. The third-order valence-electron chi connectivity index (χ3n) is 5.32. The summed E-state index contributed by atoms with van der Waals surface area (Å²) < 4.78 is 6.73. The molecule has 4 rings (SSSR count). The van der Waals surface area contributed by atoms with Gasteiger partial charge in [-0.05, 0) is 61.2 Å². The second-order valence-corrected chi connectivity index (χ2v) is 10.3. The van der Waals surface area contributed by atoms with E-state index in [9.17, 15) is 4.79 Å². The second kappa shape index (κ2) is 10.6. The van der Waals surface area contributed by atoms with Crippen molar-refractivity contribution in [2.24, 2.45) is 0 Å². The number of thiophene rings is 1. The van der Waals surface area contributed by atoms with E-state index in [-0.39, 0.29) is 5.97 Å². The number of rotatable bonds is 5. The van der Waals surface area contributed by atoms with E-state index in [1.807, 2.05) is 6.07 Å². The first-order valence-electron chi connectivity index (χ1n) is 10.3. The Morgan fingerprint density at radius 3 is 2.70 bits per heavy atom. The molecule has 0 spiro atoms. The lowest BCUT2D eigenvalue weighted by Crippen LogP contribution is -2.21. The molecule has 1 aromatic carbocycles. The Hall–Kier alpha value is -1.84. The van der Waals surface area contributed by atoms with E-state index in [0.29, 0.717) is 43.1 Å². The second-order valence-electron chi connectivity index (χ2n) is 7.61. The van der Waals surface area contributed by atoms with Gasteiger partial charge in [0.25, 0.3) is 0 Å². The quantitative estimate of drug-likeness (QED) is 0.209. The third-order valence-corrected chi connectivity index (χ3v) is 7.74. The molecule has 0 fully saturated rings. The summed E-state index contributed by atoms with van der Waals surface area (Å²) in [6.45, 7) is 0.461. The number of thiocarbonyl (C=S) groups is 1. The number of hydrogen-bond donors (Lipinski definition) is 2. The fourth-order valence-electron chi connectivity index (χ4n) is 3.78. The van der Waals surface area contributed by atoms with E-state index in [4.69, 9.17) is 51.8 Å². The van der Waals surface area contributed by atoms with E-state index in [2.05, 4.69) is 15.7 Å². The number of ether oxygens (including phenoxy) is 1. The lowest BCUT2D eigenvalue weighted by molar-refractivity contribution is 0.0601. The van der Waals surface area contributed by atoms with Gasteiger partial charge in [0.15, 0.2) is 10.9 Å². The van der Waals surface area contributed by atoms with Gasteiger partial charge < -0.3 is 15.4 Å². The molecule has 0 saturated heterocycles. The number of carbonyl (C=O) groups excluding carboxylic acids is 1. The summed E-state index contributed by atoms with van der Waals surface area (Å²) in [7, 11) is 1.39. The van der Waals surface area contributed by atoms with Gasteiger partial charge in [0.05, 0.1) is 29.3 Å². The van der Waals surface area contributed by atoms with Gasteiger partial charge in [-0.15, -0.1) is 11.3 Å². The topological polar surface area (TPSA) is 68.2 Å². The Balaban J connectivity index is 1.49. The Labute approximate surface area is 216 Å². The lowest BCUT2D eigenvalue weighted by atomic mass is 10.1. The number of fused-ring (bicyclic) bond motifs is 1. The monoisotopic (exact) mass is 542 g/mol. The van der Waals surface area contributed by atoms with Crippen LogP contribution in [0.5, 0.6) is 0 Å².